The van der Waals surface area contributed by atoms with Gasteiger partial charge in [-0.15, -0.1) is 12.4 Å². The van der Waals surface area contributed by atoms with Crippen LogP contribution in [0, 0.1) is 23.0 Å². The monoisotopic (exact) mass is 598 g/mol. The highest BCUT2D eigenvalue weighted by atomic mass is 35.5. The van der Waals surface area contributed by atoms with Crippen molar-refractivity contribution >= 4 is 30.0 Å². The topological polar surface area (TPSA) is 133 Å². The highest BCUT2D eigenvalue weighted by Crippen LogP contribution is 2.26. The Hall–Kier alpha value is -4.27. The zero-order chi connectivity index (χ0) is 29.4. The summed E-state index contributed by atoms with van der Waals surface area (Å²) >= 11 is 0. The van der Waals surface area contributed by atoms with Crippen LogP contribution in [0.15, 0.2) is 54.7 Å². The molecule has 2 unspecified atom stereocenters. The number of nitriles is 1. The van der Waals surface area contributed by atoms with Gasteiger partial charge in [-0.2, -0.15) is 5.26 Å². The maximum Gasteiger partial charge on any atom is 0.319 e. The number of halogens is 3. The lowest BCUT2D eigenvalue weighted by atomic mass is 9.93. The number of primary amides is 1. The molecule has 0 saturated carbocycles. The minimum absolute atomic E-state index is 0. The number of likely N-dealkylation sites (tertiary alicyclic amines) is 1. The Morgan fingerprint density at radius 3 is 2.57 bits per heavy atom. The summed E-state index contributed by atoms with van der Waals surface area (Å²) in [4.78, 5) is 30.8. The Morgan fingerprint density at radius 2 is 1.93 bits per heavy atom. The van der Waals surface area contributed by atoms with E-state index in [9.17, 15) is 18.4 Å². The number of rotatable bonds is 10. The fourth-order valence-electron chi connectivity index (χ4n) is 4.87. The van der Waals surface area contributed by atoms with Gasteiger partial charge in [-0.25, -0.2) is 18.6 Å². The van der Waals surface area contributed by atoms with Gasteiger partial charge >= 0.3 is 6.03 Å². The third-order valence-electron chi connectivity index (χ3n) is 7.02. The summed E-state index contributed by atoms with van der Waals surface area (Å²) in [5.41, 5.74) is 5.89. The van der Waals surface area contributed by atoms with Crippen molar-refractivity contribution in [1.82, 2.24) is 15.2 Å². The molecule has 1 saturated heterocycles. The number of unbranched alkanes of at least 4 members (excludes halogenated alkanes) is 1. The second-order valence-electron chi connectivity index (χ2n) is 10.0. The first kappa shape index (κ1) is 32.2. The molecule has 42 heavy (non-hydrogen) atoms. The predicted molar refractivity (Wildman–Crippen MR) is 156 cm³/mol. The van der Waals surface area contributed by atoms with E-state index >= 15 is 0 Å². The van der Waals surface area contributed by atoms with Gasteiger partial charge in [0, 0.05) is 43.5 Å². The molecule has 222 valence electrons. The summed E-state index contributed by atoms with van der Waals surface area (Å²) in [6, 6.07) is 13.5. The molecule has 12 heteroatoms. The van der Waals surface area contributed by atoms with E-state index in [0.29, 0.717) is 42.6 Å². The average Bonchev–Trinajstić information content (AvgIpc) is 2.95. The van der Waals surface area contributed by atoms with Crippen LogP contribution >= 0.6 is 12.4 Å². The smallest absolute Gasteiger partial charge is 0.319 e. The Balaban J connectivity index is 0.00000484. The van der Waals surface area contributed by atoms with Gasteiger partial charge in [0.1, 0.15) is 17.4 Å². The number of benzene rings is 2. The standard InChI is InChI=1S/C30H32F2N6O3.ClH/c1-2-3-4-22-13-21(36-30(40)37-27-14-24(29(34)39)25(31)15-26(27)32)11-12-38(22)18-20-7-10-28(35-17-20)41-23-8-5-19(16-33)6-9-23;/h5-10,14-15,17,21-22H,2-4,11-13,18H2,1H3,(H2,34,39)(H2,36,37,40);1H. The van der Waals surface area contributed by atoms with E-state index in [1.807, 2.05) is 12.1 Å². The molecule has 2 atom stereocenters. The molecule has 1 aliphatic rings. The first-order chi connectivity index (χ1) is 19.7. The first-order valence-electron chi connectivity index (χ1n) is 13.5. The molecule has 9 nitrogen and oxygen atoms in total. The zero-order valence-electron chi connectivity index (χ0n) is 23.1. The lowest BCUT2D eigenvalue weighted by Crippen LogP contribution is -2.50. The lowest BCUT2D eigenvalue weighted by molar-refractivity contribution is 0.0996. The molecule has 3 aromatic rings. The summed E-state index contributed by atoms with van der Waals surface area (Å²) < 4.78 is 33.7. The Kier molecular flexibility index (Phi) is 11.6. The van der Waals surface area contributed by atoms with Crippen molar-refractivity contribution in [3.63, 3.8) is 0 Å². The molecule has 4 N–H and O–H groups in total. The summed E-state index contributed by atoms with van der Waals surface area (Å²) in [5, 5.41) is 14.2. The molecule has 1 fully saturated rings. The molecule has 2 heterocycles. The van der Waals surface area contributed by atoms with Gasteiger partial charge in [-0.05, 0) is 55.2 Å². The van der Waals surface area contributed by atoms with Gasteiger partial charge in [0.25, 0.3) is 5.91 Å². The number of carbonyl (C=O) groups excluding carboxylic acids is 2. The number of nitrogens with two attached hydrogens (primary N) is 1. The number of nitrogens with one attached hydrogen (secondary N) is 2. The largest absolute Gasteiger partial charge is 0.439 e. The highest BCUT2D eigenvalue weighted by Gasteiger charge is 2.29. The SMILES string of the molecule is CCCCC1CC(NC(=O)Nc2cc(C(N)=O)c(F)cc2F)CCN1Cc1ccc(Oc2ccc(C#N)cc2)nc1.Cl. The van der Waals surface area contributed by atoms with Crippen molar-refractivity contribution in [3.05, 3.63) is 83.1 Å². The predicted octanol–water partition coefficient (Wildman–Crippen LogP) is 5.89. The Morgan fingerprint density at radius 1 is 1.17 bits per heavy atom. The summed E-state index contributed by atoms with van der Waals surface area (Å²) in [6.07, 6.45) is 6.20. The molecular weight excluding hydrogens is 566 g/mol. The van der Waals surface area contributed by atoms with E-state index in [-0.39, 0.29) is 30.2 Å². The van der Waals surface area contributed by atoms with Gasteiger partial charge in [-0.1, -0.05) is 25.8 Å². The number of hydrogen-bond donors (Lipinski definition) is 3. The van der Waals surface area contributed by atoms with Gasteiger partial charge in [0.05, 0.1) is 22.9 Å². The van der Waals surface area contributed by atoms with Crippen LogP contribution in [-0.2, 0) is 6.54 Å². The van der Waals surface area contributed by atoms with Crippen LogP contribution in [-0.4, -0.2) is 40.5 Å². The Labute approximate surface area is 249 Å². The normalized spacial score (nSPS) is 16.5. The lowest BCUT2D eigenvalue weighted by Gasteiger charge is -2.40. The third kappa shape index (κ3) is 8.61. The van der Waals surface area contributed by atoms with Crippen molar-refractivity contribution in [2.45, 2.75) is 57.7 Å². The molecule has 1 aliphatic heterocycles. The van der Waals surface area contributed by atoms with Crippen molar-refractivity contribution < 1.29 is 23.1 Å². The average molecular weight is 599 g/mol. The van der Waals surface area contributed by atoms with Crippen molar-refractivity contribution in [1.29, 1.82) is 5.26 Å². The molecular formula is C30H33ClF2N6O3. The number of pyridine rings is 1. The van der Waals surface area contributed by atoms with Crippen LogP contribution in [0.1, 0.15) is 60.5 Å². The molecule has 0 spiro atoms. The number of piperidine rings is 1. The second-order valence-corrected chi connectivity index (χ2v) is 10.0. The van der Waals surface area contributed by atoms with Crippen molar-refractivity contribution in [2.24, 2.45) is 5.73 Å². The fraction of sp³-hybridized carbons (Fsp3) is 0.333. The minimum Gasteiger partial charge on any atom is -0.439 e. The van der Waals surface area contributed by atoms with Gasteiger partial charge in [0.15, 0.2) is 0 Å². The number of carbonyl (C=O) groups is 2. The molecule has 1 aromatic heterocycles. The third-order valence-corrected chi connectivity index (χ3v) is 7.02. The number of nitrogens with zero attached hydrogens (tertiary/aromatic N) is 3. The summed E-state index contributed by atoms with van der Waals surface area (Å²) in [5.74, 6) is -2.09. The van der Waals surface area contributed by atoms with Crippen LogP contribution in [0.25, 0.3) is 0 Å². The van der Waals surface area contributed by atoms with Crippen LogP contribution in [0.4, 0.5) is 19.3 Å². The van der Waals surface area contributed by atoms with Crippen LogP contribution < -0.4 is 21.1 Å². The molecule has 0 radical (unpaired) electrons. The van der Waals surface area contributed by atoms with E-state index in [0.717, 1.165) is 37.4 Å². The quantitative estimate of drug-likeness (QED) is 0.266. The van der Waals surface area contributed by atoms with Gasteiger partial charge in [-0.3, -0.25) is 9.69 Å². The summed E-state index contributed by atoms with van der Waals surface area (Å²) in [6.45, 7) is 3.55. The molecule has 0 aliphatic carbocycles. The van der Waals surface area contributed by atoms with Gasteiger partial charge in [0.2, 0.25) is 5.88 Å². The minimum atomic E-state index is -1.09. The number of ether oxygens (including phenoxy) is 1. The number of anilines is 1. The highest BCUT2D eigenvalue weighted by molar-refractivity contribution is 5.96. The molecule has 2 aromatic carbocycles. The van der Waals surface area contributed by atoms with E-state index in [1.165, 1.54) is 0 Å². The van der Waals surface area contributed by atoms with E-state index < -0.39 is 29.1 Å². The second kappa shape index (κ2) is 15.1. The van der Waals surface area contributed by atoms with Crippen molar-refractivity contribution in [2.75, 3.05) is 11.9 Å². The maximum absolute atomic E-state index is 14.2. The number of amides is 3. The number of hydrogen-bond acceptors (Lipinski definition) is 6. The maximum atomic E-state index is 14.2. The van der Waals surface area contributed by atoms with Crippen LogP contribution in [0.3, 0.4) is 0 Å². The number of aromatic nitrogens is 1. The van der Waals surface area contributed by atoms with Gasteiger partial charge < -0.3 is 21.1 Å². The summed E-state index contributed by atoms with van der Waals surface area (Å²) in [7, 11) is 0. The van der Waals surface area contributed by atoms with Crippen LogP contribution in [0.5, 0.6) is 11.6 Å². The molecule has 3 amide bonds. The number of urea groups is 1. The molecule has 4 rings (SSSR count). The Bertz CT molecular complexity index is 1420. The van der Waals surface area contributed by atoms with Crippen LogP contribution in [0.2, 0.25) is 0 Å². The molecule has 0 bridgehead atoms. The van der Waals surface area contributed by atoms with E-state index in [1.54, 1.807) is 30.5 Å². The van der Waals surface area contributed by atoms with E-state index in [2.05, 4.69) is 33.5 Å². The van der Waals surface area contributed by atoms with E-state index in [4.69, 9.17) is 15.7 Å². The van der Waals surface area contributed by atoms with Crippen molar-refractivity contribution in [3.8, 4) is 17.7 Å². The first-order valence-corrected chi connectivity index (χ1v) is 13.5. The zero-order valence-corrected chi connectivity index (χ0v) is 23.9. The fourth-order valence-corrected chi connectivity index (χ4v) is 4.87.